The lowest BCUT2D eigenvalue weighted by Gasteiger charge is -2.17. The van der Waals surface area contributed by atoms with Crippen LogP contribution in [0.3, 0.4) is 0 Å². The Morgan fingerprint density at radius 1 is 1.19 bits per heavy atom. The second-order valence-corrected chi connectivity index (χ2v) is 6.64. The van der Waals surface area contributed by atoms with Crippen LogP contribution < -0.4 is 14.8 Å². The molecule has 1 N–H and O–H groups in total. The van der Waals surface area contributed by atoms with Gasteiger partial charge in [-0.3, -0.25) is 4.79 Å². The lowest BCUT2D eigenvalue weighted by atomic mass is 10.1. The maximum Gasteiger partial charge on any atom is 0.256 e. The molecule has 1 aromatic heterocycles. The molecule has 26 heavy (non-hydrogen) atoms. The first-order valence-electron chi connectivity index (χ1n) is 8.25. The number of carbonyl (C=O) groups is 1. The highest BCUT2D eigenvalue weighted by Crippen LogP contribution is 2.31. The molecule has 0 radical (unpaired) electrons. The van der Waals surface area contributed by atoms with E-state index in [-0.39, 0.29) is 11.9 Å². The monoisotopic (exact) mass is 425 g/mol. The van der Waals surface area contributed by atoms with Gasteiger partial charge in [-0.05, 0) is 54.4 Å². The SMILES string of the molecule is COCCOc1ccc(C(C)NC(=O)c2c(C)oc(C)c2Br)cc1OC. The van der Waals surface area contributed by atoms with Gasteiger partial charge in [0.25, 0.3) is 5.91 Å². The molecule has 0 bridgehead atoms. The fourth-order valence-corrected chi connectivity index (χ4v) is 3.12. The zero-order valence-corrected chi connectivity index (χ0v) is 17.2. The van der Waals surface area contributed by atoms with Crippen molar-refractivity contribution < 1.29 is 23.4 Å². The van der Waals surface area contributed by atoms with Gasteiger partial charge >= 0.3 is 0 Å². The molecule has 0 fully saturated rings. The molecule has 0 aliphatic heterocycles. The minimum absolute atomic E-state index is 0.196. The molecule has 0 spiro atoms. The predicted octanol–water partition coefficient (Wildman–Crippen LogP) is 4.18. The van der Waals surface area contributed by atoms with E-state index in [0.717, 1.165) is 5.56 Å². The number of halogens is 1. The third-order valence-corrected chi connectivity index (χ3v) is 4.95. The largest absolute Gasteiger partial charge is 0.493 e. The molecule has 1 heterocycles. The van der Waals surface area contributed by atoms with Crippen LogP contribution in [0.4, 0.5) is 0 Å². The summed E-state index contributed by atoms with van der Waals surface area (Å²) in [5.74, 6) is 2.31. The van der Waals surface area contributed by atoms with Crippen LogP contribution in [-0.2, 0) is 4.74 Å². The first-order valence-corrected chi connectivity index (χ1v) is 9.04. The van der Waals surface area contributed by atoms with E-state index >= 15 is 0 Å². The topological polar surface area (TPSA) is 69.9 Å². The van der Waals surface area contributed by atoms with E-state index in [1.54, 1.807) is 21.1 Å². The molecule has 7 heteroatoms. The summed E-state index contributed by atoms with van der Waals surface area (Å²) in [4.78, 5) is 12.6. The normalized spacial score (nSPS) is 11.9. The lowest BCUT2D eigenvalue weighted by Crippen LogP contribution is -2.27. The Balaban J connectivity index is 2.13. The number of carbonyl (C=O) groups excluding carboxylic acids is 1. The summed E-state index contributed by atoms with van der Waals surface area (Å²) in [7, 11) is 3.20. The molecule has 0 aliphatic carbocycles. The highest BCUT2D eigenvalue weighted by molar-refractivity contribution is 9.10. The van der Waals surface area contributed by atoms with Crippen molar-refractivity contribution >= 4 is 21.8 Å². The molecule has 1 aromatic carbocycles. The quantitative estimate of drug-likeness (QED) is 0.642. The van der Waals surface area contributed by atoms with Crippen LogP contribution in [0.15, 0.2) is 27.1 Å². The van der Waals surface area contributed by atoms with Crippen molar-refractivity contribution in [2.45, 2.75) is 26.8 Å². The maximum atomic E-state index is 12.6. The lowest BCUT2D eigenvalue weighted by molar-refractivity contribution is 0.0937. The Labute approximate surface area is 161 Å². The molecule has 0 saturated carbocycles. The summed E-state index contributed by atoms with van der Waals surface area (Å²) in [6, 6.07) is 5.37. The molecule has 6 nitrogen and oxygen atoms in total. The van der Waals surface area contributed by atoms with Crippen LogP contribution in [0.5, 0.6) is 11.5 Å². The summed E-state index contributed by atoms with van der Waals surface area (Å²) in [6.45, 7) is 6.42. The minimum atomic E-state index is -0.217. The third-order valence-electron chi connectivity index (χ3n) is 3.99. The average Bonchev–Trinajstić information content (AvgIpc) is 2.87. The summed E-state index contributed by atoms with van der Waals surface area (Å²) in [5, 5.41) is 2.99. The van der Waals surface area contributed by atoms with Gasteiger partial charge in [-0.1, -0.05) is 6.07 Å². The Bertz CT molecular complexity index is 772. The number of rotatable bonds is 8. The first kappa shape index (κ1) is 20.3. The maximum absolute atomic E-state index is 12.6. The van der Waals surface area contributed by atoms with Gasteiger partial charge in [-0.25, -0.2) is 0 Å². The predicted molar refractivity (Wildman–Crippen MR) is 102 cm³/mol. The van der Waals surface area contributed by atoms with Gasteiger partial charge in [-0.2, -0.15) is 0 Å². The molecule has 2 rings (SSSR count). The van der Waals surface area contributed by atoms with Gasteiger partial charge in [0, 0.05) is 7.11 Å². The molecule has 2 aromatic rings. The average molecular weight is 426 g/mol. The van der Waals surface area contributed by atoms with Crippen molar-refractivity contribution in [3.8, 4) is 11.5 Å². The number of methoxy groups -OCH3 is 2. The fourth-order valence-electron chi connectivity index (χ4n) is 2.58. The minimum Gasteiger partial charge on any atom is -0.493 e. The van der Waals surface area contributed by atoms with Crippen LogP contribution in [0, 0.1) is 13.8 Å². The standard InChI is InChI=1S/C19H24BrNO5/c1-11(21-19(22)17-12(2)26-13(3)18(17)20)14-6-7-15(16(10-14)24-5)25-9-8-23-4/h6-7,10-11H,8-9H2,1-5H3,(H,21,22). The highest BCUT2D eigenvalue weighted by atomic mass is 79.9. The van der Waals surface area contributed by atoms with E-state index in [1.165, 1.54) is 0 Å². The van der Waals surface area contributed by atoms with Gasteiger partial charge in [0.1, 0.15) is 18.1 Å². The van der Waals surface area contributed by atoms with E-state index in [2.05, 4.69) is 21.2 Å². The Morgan fingerprint density at radius 3 is 2.50 bits per heavy atom. The van der Waals surface area contributed by atoms with Gasteiger partial charge < -0.3 is 23.9 Å². The van der Waals surface area contributed by atoms with Crippen LogP contribution >= 0.6 is 15.9 Å². The van der Waals surface area contributed by atoms with Gasteiger partial charge in [0.05, 0.1) is 29.8 Å². The summed E-state index contributed by atoms with van der Waals surface area (Å²) >= 11 is 3.41. The van der Waals surface area contributed by atoms with E-state index in [1.807, 2.05) is 32.0 Å². The number of nitrogens with one attached hydrogen (secondary N) is 1. The van der Waals surface area contributed by atoms with Crippen molar-refractivity contribution in [2.75, 3.05) is 27.4 Å². The summed E-state index contributed by atoms with van der Waals surface area (Å²) in [5.41, 5.74) is 1.42. The van der Waals surface area contributed by atoms with Crippen LogP contribution in [0.25, 0.3) is 0 Å². The smallest absolute Gasteiger partial charge is 0.256 e. The van der Waals surface area contributed by atoms with Crippen LogP contribution in [-0.4, -0.2) is 33.3 Å². The van der Waals surface area contributed by atoms with Crippen molar-refractivity contribution in [1.82, 2.24) is 5.32 Å². The van der Waals surface area contributed by atoms with Crippen molar-refractivity contribution in [3.63, 3.8) is 0 Å². The van der Waals surface area contributed by atoms with Crippen LogP contribution in [0.2, 0.25) is 0 Å². The second kappa shape index (κ2) is 9.09. The molecule has 0 saturated heterocycles. The van der Waals surface area contributed by atoms with Crippen LogP contribution in [0.1, 0.15) is 40.4 Å². The van der Waals surface area contributed by atoms with E-state index in [4.69, 9.17) is 18.6 Å². The van der Waals surface area contributed by atoms with E-state index in [9.17, 15) is 4.79 Å². The van der Waals surface area contributed by atoms with Crippen molar-refractivity contribution in [1.29, 1.82) is 0 Å². The number of furan rings is 1. The number of aryl methyl sites for hydroxylation is 2. The molecule has 1 unspecified atom stereocenters. The first-order chi connectivity index (χ1) is 12.4. The van der Waals surface area contributed by atoms with Crippen molar-refractivity contribution in [2.24, 2.45) is 0 Å². The molecule has 1 amide bonds. The number of benzene rings is 1. The molecule has 0 aliphatic rings. The Hall–Kier alpha value is -1.99. The highest BCUT2D eigenvalue weighted by Gasteiger charge is 2.22. The number of hydrogen-bond acceptors (Lipinski definition) is 5. The van der Waals surface area contributed by atoms with Gasteiger partial charge in [-0.15, -0.1) is 0 Å². The second-order valence-electron chi connectivity index (χ2n) is 5.85. The van der Waals surface area contributed by atoms with E-state index < -0.39 is 0 Å². The Morgan fingerprint density at radius 2 is 1.92 bits per heavy atom. The van der Waals surface area contributed by atoms with Gasteiger partial charge in [0.2, 0.25) is 0 Å². The fraction of sp³-hybridized carbons (Fsp3) is 0.421. The molecule has 142 valence electrons. The molecular formula is C19H24BrNO5. The number of amides is 1. The zero-order valence-electron chi connectivity index (χ0n) is 15.6. The molecule has 1 atom stereocenters. The Kier molecular flexibility index (Phi) is 7.11. The van der Waals surface area contributed by atoms with Gasteiger partial charge in [0.15, 0.2) is 11.5 Å². The number of hydrogen-bond donors (Lipinski definition) is 1. The van der Waals surface area contributed by atoms with Crippen molar-refractivity contribution in [3.05, 3.63) is 45.3 Å². The third kappa shape index (κ3) is 4.59. The summed E-state index contributed by atoms with van der Waals surface area (Å²) < 4.78 is 22.2. The zero-order chi connectivity index (χ0) is 19.3. The number of ether oxygens (including phenoxy) is 3. The molecular weight excluding hydrogens is 402 g/mol. The van der Waals surface area contributed by atoms with E-state index in [0.29, 0.717) is 46.3 Å². The summed E-state index contributed by atoms with van der Waals surface area (Å²) in [6.07, 6.45) is 0.